The predicted octanol–water partition coefficient (Wildman–Crippen LogP) is 0.851. The minimum absolute atomic E-state index is 0.0714. The molecule has 0 aliphatic heterocycles. The average Bonchev–Trinajstić information content (AvgIpc) is 2.29. The van der Waals surface area contributed by atoms with E-state index in [1.54, 1.807) is 12.1 Å². The Balaban J connectivity index is 2.35. The molecule has 1 rings (SSSR count). The van der Waals surface area contributed by atoms with E-state index in [0.29, 0.717) is 5.56 Å². The number of nitrogens with zero attached hydrogens (tertiary/aromatic N) is 1. The minimum Gasteiger partial charge on any atom is -0.293 e. The van der Waals surface area contributed by atoms with Crippen LogP contribution in [-0.2, 0) is 4.79 Å². The van der Waals surface area contributed by atoms with Gasteiger partial charge in [-0.05, 0) is 32.1 Å². The summed E-state index contributed by atoms with van der Waals surface area (Å²) in [7, 11) is 0. The zero-order chi connectivity index (χ0) is 12.7. The molecule has 90 valence electrons. The van der Waals surface area contributed by atoms with Crippen LogP contribution in [0.4, 0.5) is 0 Å². The quantitative estimate of drug-likeness (QED) is 0.584. The summed E-state index contributed by atoms with van der Waals surface area (Å²) in [6.07, 6.45) is 4.58. The number of rotatable bonds is 5. The molecule has 0 saturated heterocycles. The third-order valence-corrected chi connectivity index (χ3v) is 1.86. The smallest absolute Gasteiger partial charge is 0.265 e. The van der Waals surface area contributed by atoms with E-state index >= 15 is 0 Å². The van der Waals surface area contributed by atoms with E-state index in [9.17, 15) is 9.59 Å². The van der Waals surface area contributed by atoms with E-state index in [4.69, 9.17) is 0 Å². The van der Waals surface area contributed by atoms with Gasteiger partial charge in [0, 0.05) is 18.0 Å². The molecule has 0 spiro atoms. The lowest BCUT2D eigenvalue weighted by Crippen LogP contribution is -2.40. The van der Waals surface area contributed by atoms with E-state index in [-0.39, 0.29) is 18.2 Å². The average molecular weight is 233 g/mol. The fourth-order valence-electron chi connectivity index (χ4n) is 1.16. The molecule has 0 unspecified atom stereocenters. The largest absolute Gasteiger partial charge is 0.293 e. The number of hydrazine groups is 1. The van der Waals surface area contributed by atoms with Crippen LogP contribution >= 0.6 is 0 Å². The van der Waals surface area contributed by atoms with Gasteiger partial charge in [0.25, 0.3) is 5.91 Å². The predicted molar refractivity (Wildman–Crippen MR) is 64.1 cm³/mol. The molecule has 0 bridgehead atoms. The molecule has 1 amide bonds. The second-order valence-electron chi connectivity index (χ2n) is 3.73. The molecule has 17 heavy (non-hydrogen) atoms. The van der Waals surface area contributed by atoms with Gasteiger partial charge >= 0.3 is 0 Å². The fourth-order valence-corrected chi connectivity index (χ4v) is 1.16. The molecule has 0 fully saturated rings. The first kappa shape index (κ1) is 13.1. The van der Waals surface area contributed by atoms with Crippen LogP contribution in [0.1, 0.15) is 24.2 Å². The van der Waals surface area contributed by atoms with Crippen molar-refractivity contribution in [2.75, 3.05) is 6.54 Å². The molecular formula is C12H15N3O2. The zero-order valence-corrected chi connectivity index (χ0v) is 9.86. The lowest BCUT2D eigenvalue weighted by molar-refractivity contribution is -0.114. The van der Waals surface area contributed by atoms with Gasteiger partial charge in [-0.2, -0.15) is 0 Å². The SMILES string of the molecule is CC(C)=CC(=O)CNNC(=O)c1ccncc1. The van der Waals surface area contributed by atoms with Crippen LogP contribution in [0.15, 0.2) is 36.2 Å². The lowest BCUT2D eigenvalue weighted by atomic mass is 10.2. The van der Waals surface area contributed by atoms with Gasteiger partial charge in [-0.3, -0.25) is 20.0 Å². The van der Waals surface area contributed by atoms with Crippen molar-refractivity contribution < 1.29 is 9.59 Å². The van der Waals surface area contributed by atoms with E-state index < -0.39 is 0 Å². The number of ketones is 1. The highest BCUT2D eigenvalue weighted by Gasteiger charge is 2.04. The number of nitrogens with one attached hydrogen (secondary N) is 2. The highest BCUT2D eigenvalue weighted by Crippen LogP contribution is 1.94. The second kappa shape index (κ2) is 6.55. The first-order valence-corrected chi connectivity index (χ1v) is 5.20. The normalized spacial score (nSPS) is 9.53. The van der Waals surface area contributed by atoms with Crippen LogP contribution in [0.25, 0.3) is 0 Å². The molecule has 2 N–H and O–H groups in total. The van der Waals surface area contributed by atoms with Crippen molar-refractivity contribution in [1.82, 2.24) is 15.8 Å². The van der Waals surface area contributed by atoms with Gasteiger partial charge in [-0.25, -0.2) is 5.43 Å². The number of aromatic nitrogens is 1. The summed E-state index contributed by atoms with van der Waals surface area (Å²) in [6, 6.07) is 3.18. The molecule has 0 aliphatic rings. The van der Waals surface area contributed by atoms with Crippen molar-refractivity contribution in [3.05, 3.63) is 41.7 Å². The number of amides is 1. The van der Waals surface area contributed by atoms with Crippen LogP contribution in [0.5, 0.6) is 0 Å². The van der Waals surface area contributed by atoms with Crippen molar-refractivity contribution in [2.45, 2.75) is 13.8 Å². The molecule has 1 aromatic heterocycles. The molecule has 0 saturated carbocycles. The van der Waals surface area contributed by atoms with Gasteiger partial charge in [0.05, 0.1) is 6.54 Å². The van der Waals surface area contributed by atoms with Gasteiger partial charge in [-0.15, -0.1) is 0 Å². The summed E-state index contributed by atoms with van der Waals surface area (Å²) >= 11 is 0. The summed E-state index contributed by atoms with van der Waals surface area (Å²) < 4.78 is 0. The second-order valence-corrected chi connectivity index (χ2v) is 3.73. The van der Waals surface area contributed by atoms with Crippen molar-refractivity contribution in [3.63, 3.8) is 0 Å². The van der Waals surface area contributed by atoms with Crippen LogP contribution in [-0.4, -0.2) is 23.2 Å². The Labute approximate surface area is 99.9 Å². The zero-order valence-electron chi connectivity index (χ0n) is 9.86. The van der Waals surface area contributed by atoms with Crippen molar-refractivity contribution in [3.8, 4) is 0 Å². The molecule has 1 aromatic rings. The number of carbonyl (C=O) groups excluding carboxylic acids is 2. The molecule has 0 aliphatic carbocycles. The van der Waals surface area contributed by atoms with Crippen LogP contribution < -0.4 is 10.9 Å². The Morgan fingerprint density at radius 2 is 1.94 bits per heavy atom. The summed E-state index contributed by atoms with van der Waals surface area (Å²) in [5.41, 5.74) is 6.43. The molecule has 0 aromatic carbocycles. The van der Waals surface area contributed by atoms with Crippen LogP contribution in [0.2, 0.25) is 0 Å². The standard InChI is InChI=1S/C12H15N3O2/c1-9(2)7-11(16)8-14-15-12(17)10-3-5-13-6-4-10/h3-7,14H,8H2,1-2H3,(H,15,17). The van der Waals surface area contributed by atoms with E-state index in [1.807, 2.05) is 13.8 Å². The Bertz CT molecular complexity index is 423. The Morgan fingerprint density at radius 1 is 1.29 bits per heavy atom. The Morgan fingerprint density at radius 3 is 2.53 bits per heavy atom. The van der Waals surface area contributed by atoms with E-state index in [2.05, 4.69) is 15.8 Å². The molecule has 0 radical (unpaired) electrons. The maximum atomic E-state index is 11.5. The highest BCUT2D eigenvalue weighted by atomic mass is 16.2. The number of carbonyl (C=O) groups is 2. The van der Waals surface area contributed by atoms with Gasteiger partial charge in [0.15, 0.2) is 5.78 Å². The summed E-state index contributed by atoms with van der Waals surface area (Å²) in [5.74, 6) is -0.377. The number of hydrogen-bond acceptors (Lipinski definition) is 4. The van der Waals surface area contributed by atoms with Gasteiger partial charge in [-0.1, -0.05) is 5.57 Å². The summed E-state index contributed by atoms with van der Waals surface area (Å²) in [6.45, 7) is 3.75. The minimum atomic E-state index is -0.294. The van der Waals surface area contributed by atoms with E-state index in [0.717, 1.165) is 5.57 Å². The van der Waals surface area contributed by atoms with Gasteiger partial charge in [0.1, 0.15) is 0 Å². The molecule has 0 atom stereocenters. The molecule has 5 nitrogen and oxygen atoms in total. The summed E-state index contributed by atoms with van der Waals surface area (Å²) in [4.78, 5) is 26.6. The molecule has 1 heterocycles. The molecular weight excluding hydrogens is 218 g/mol. The van der Waals surface area contributed by atoms with Crippen LogP contribution in [0.3, 0.4) is 0 Å². The van der Waals surface area contributed by atoms with Gasteiger partial charge in [0.2, 0.25) is 0 Å². The van der Waals surface area contributed by atoms with E-state index in [1.165, 1.54) is 18.5 Å². The Kier molecular flexibility index (Phi) is 5.03. The first-order chi connectivity index (χ1) is 8.09. The van der Waals surface area contributed by atoms with Gasteiger partial charge < -0.3 is 0 Å². The van der Waals surface area contributed by atoms with Crippen LogP contribution in [0, 0.1) is 0 Å². The first-order valence-electron chi connectivity index (χ1n) is 5.20. The monoisotopic (exact) mass is 233 g/mol. The van der Waals surface area contributed by atoms with Crippen molar-refractivity contribution in [2.24, 2.45) is 0 Å². The highest BCUT2D eigenvalue weighted by molar-refractivity contribution is 5.95. The summed E-state index contributed by atoms with van der Waals surface area (Å²) in [5, 5.41) is 0. The number of allylic oxidation sites excluding steroid dienone is 1. The number of hydrogen-bond donors (Lipinski definition) is 2. The fraction of sp³-hybridized carbons (Fsp3) is 0.250. The maximum absolute atomic E-state index is 11.5. The third-order valence-electron chi connectivity index (χ3n) is 1.86. The van der Waals surface area contributed by atoms with Crippen molar-refractivity contribution >= 4 is 11.7 Å². The number of pyridine rings is 1. The topological polar surface area (TPSA) is 71.1 Å². The lowest BCUT2D eigenvalue weighted by Gasteiger charge is -2.05. The Hall–Kier alpha value is -2.01. The third kappa shape index (κ3) is 5.03. The van der Waals surface area contributed by atoms with Crippen molar-refractivity contribution in [1.29, 1.82) is 0 Å². The maximum Gasteiger partial charge on any atom is 0.265 e. The molecule has 5 heteroatoms.